The molecule has 1 aromatic carbocycles. The average Bonchev–Trinajstić information content (AvgIpc) is 2.59. The number of H-pyrrole nitrogens is 1. The molecule has 2 aromatic rings. The van der Waals surface area contributed by atoms with Crippen molar-refractivity contribution in [3.8, 4) is 5.75 Å². The van der Waals surface area contributed by atoms with E-state index in [1.54, 1.807) is 18.2 Å². The molecule has 132 valence electrons. The maximum atomic E-state index is 11.8. The van der Waals surface area contributed by atoms with Gasteiger partial charge in [-0.1, -0.05) is 29.9 Å². The summed E-state index contributed by atoms with van der Waals surface area (Å²) in [7, 11) is 0. The van der Waals surface area contributed by atoms with Gasteiger partial charge in [0.15, 0.2) is 0 Å². The highest BCUT2D eigenvalue weighted by molar-refractivity contribution is 5.81. The first-order valence-electron chi connectivity index (χ1n) is 8.93. The maximum absolute atomic E-state index is 11.8. The zero-order valence-corrected chi connectivity index (χ0v) is 15.0. The van der Waals surface area contributed by atoms with Crippen molar-refractivity contribution < 1.29 is 5.11 Å². The molecule has 4 nitrogen and oxygen atoms in total. The van der Waals surface area contributed by atoms with Crippen molar-refractivity contribution in [1.29, 1.82) is 0 Å². The first kappa shape index (κ1) is 16.6. The number of aromatic amines is 1. The molecular weight excluding hydrogens is 324 g/mol. The van der Waals surface area contributed by atoms with Crippen LogP contribution in [0.4, 0.5) is 0 Å². The first-order valence-corrected chi connectivity index (χ1v) is 8.93. The van der Waals surface area contributed by atoms with Crippen LogP contribution in [0.1, 0.15) is 37.1 Å². The number of hydrogen-bond acceptors (Lipinski definition) is 3. The Morgan fingerprint density at radius 3 is 2.92 bits per heavy atom. The Morgan fingerprint density at radius 1 is 1.31 bits per heavy atom. The lowest BCUT2D eigenvalue weighted by atomic mass is 9.63. The van der Waals surface area contributed by atoms with E-state index in [0.717, 1.165) is 29.7 Å². The van der Waals surface area contributed by atoms with E-state index in [1.807, 2.05) is 24.4 Å². The molecule has 0 saturated carbocycles. The number of nitrogens with one attached hydrogen (secondary N) is 1. The van der Waals surface area contributed by atoms with E-state index in [-0.39, 0.29) is 17.2 Å². The summed E-state index contributed by atoms with van der Waals surface area (Å²) >= 11 is 0. The quantitative estimate of drug-likeness (QED) is 0.640. The fourth-order valence-corrected chi connectivity index (χ4v) is 4.44. The van der Waals surface area contributed by atoms with Gasteiger partial charge in [0.05, 0.1) is 0 Å². The van der Waals surface area contributed by atoms with Gasteiger partial charge in [-0.25, -0.2) is 0 Å². The number of allylic oxidation sites excluding steroid dienone is 2. The molecule has 26 heavy (non-hydrogen) atoms. The van der Waals surface area contributed by atoms with Crippen molar-refractivity contribution in [2.45, 2.75) is 32.2 Å². The summed E-state index contributed by atoms with van der Waals surface area (Å²) in [6.45, 7) is 4.21. The zero-order chi connectivity index (χ0) is 18.3. The smallest absolute Gasteiger partial charge is 0.248 e. The van der Waals surface area contributed by atoms with Gasteiger partial charge in [-0.15, -0.1) is 0 Å². The fourth-order valence-electron chi connectivity index (χ4n) is 4.44. The number of aromatic hydroxyl groups is 1. The largest absolute Gasteiger partial charge is 0.508 e. The molecule has 2 bridgehead atoms. The van der Waals surface area contributed by atoms with Crippen molar-refractivity contribution in [1.82, 2.24) is 4.98 Å². The van der Waals surface area contributed by atoms with Gasteiger partial charge < -0.3 is 10.1 Å². The van der Waals surface area contributed by atoms with Gasteiger partial charge >= 0.3 is 0 Å². The molecule has 0 aliphatic heterocycles. The summed E-state index contributed by atoms with van der Waals surface area (Å²) in [5.74, 6) is 0.476. The number of benzene rings is 1. The topological polar surface area (TPSA) is 65.5 Å². The molecule has 4 rings (SSSR count). The standard InChI is InChI=1S/C22H22N2O2/c1-3-18-16-9-14(2)12-22(18,19-7-8-21(26)24-20(19)11-16)23-13-15-5-4-6-17(25)10-15/h3-10,13,16,25H,11-12H2,1-2H3,(H,24,26)/b18-3+,23-13?/t16?,22-/m0/s1. The van der Waals surface area contributed by atoms with Crippen molar-refractivity contribution in [3.05, 3.63) is 86.9 Å². The van der Waals surface area contributed by atoms with E-state index >= 15 is 0 Å². The van der Waals surface area contributed by atoms with E-state index in [2.05, 4.69) is 31.0 Å². The minimum Gasteiger partial charge on any atom is -0.508 e. The number of phenols is 1. The molecule has 0 saturated heterocycles. The van der Waals surface area contributed by atoms with E-state index in [9.17, 15) is 9.90 Å². The molecule has 0 radical (unpaired) electrons. The number of aliphatic imine (C=N–C) groups is 1. The average molecular weight is 346 g/mol. The first-order chi connectivity index (χ1) is 12.5. The van der Waals surface area contributed by atoms with Crippen LogP contribution in [-0.4, -0.2) is 16.3 Å². The molecule has 2 aliphatic carbocycles. The Morgan fingerprint density at radius 2 is 2.15 bits per heavy atom. The van der Waals surface area contributed by atoms with E-state index in [1.165, 1.54) is 11.1 Å². The fraction of sp³-hybridized carbons (Fsp3) is 0.273. The third-order valence-corrected chi connectivity index (χ3v) is 5.38. The van der Waals surface area contributed by atoms with Crippen LogP contribution in [-0.2, 0) is 12.0 Å². The van der Waals surface area contributed by atoms with Crippen LogP contribution in [0, 0.1) is 5.92 Å². The van der Waals surface area contributed by atoms with Crippen LogP contribution >= 0.6 is 0 Å². The van der Waals surface area contributed by atoms with E-state index in [4.69, 9.17) is 4.99 Å². The van der Waals surface area contributed by atoms with Gasteiger partial charge in [-0.05, 0) is 49.6 Å². The molecule has 0 fully saturated rings. The molecule has 1 heterocycles. The minimum absolute atomic E-state index is 0.0708. The van der Waals surface area contributed by atoms with E-state index in [0.29, 0.717) is 0 Å². The summed E-state index contributed by atoms with van der Waals surface area (Å²) in [4.78, 5) is 19.9. The summed E-state index contributed by atoms with van der Waals surface area (Å²) in [6, 6.07) is 10.6. The highest BCUT2D eigenvalue weighted by Gasteiger charge is 2.46. The third kappa shape index (κ3) is 2.62. The molecule has 4 heteroatoms. The summed E-state index contributed by atoms with van der Waals surface area (Å²) in [5.41, 5.74) is 4.93. The van der Waals surface area contributed by atoms with Crippen LogP contribution < -0.4 is 5.56 Å². The predicted molar refractivity (Wildman–Crippen MR) is 104 cm³/mol. The lowest BCUT2D eigenvalue weighted by Gasteiger charge is -2.45. The van der Waals surface area contributed by atoms with Crippen LogP contribution in [0.25, 0.3) is 0 Å². The lowest BCUT2D eigenvalue weighted by molar-refractivity contribution is 0.413. The lowest BCUT2D eigenvalue weighted by Crippen LogP contribution is -2.40. The van der Waals surface area contributed by atoms with Crippen molar-refractivity contribution in [3.63, 3.8) is 0 Å². The van der Waals surface area contributed by atoms with Gasteiger partial charge in [0.1, 0.15) is 11.3 Å². The minimum atomic E-state index is -0.499. The molecule has 0 amide bonds. The Hall–Kier alpha value is -2.88. The molecule has 2 aliphatic rings. The number of hydrogen-bond donors (Lipinski definition) is 2. The molecule has 1 aromatic heterocycles. The Bertz CT molecular complexity index is 1010. The number of nitrogens with zero attached hydrogens (tertiary/aromatic N) is 1. The van der Waals surface area contributed by atoms with Gasteiger partial charge in [-0.2, -0.15) is 0 Å². The number of phenolic OH excluding ortho intramolecular Hbond substituents is 1. The molecule has 0 spiro atoms. The van der Waals surface area contributed by atoms with Gasteiger partial charge in [0, 0.05) is 35.9 Å². The number of fused-ring (bicyclic) bond motifs is 4. The Kier molecular flexibility index (Phi) is 3.91. The number of pyridine rings is 1. The van der Waals surface area contributed by atoms with Crippen LogP contribution in [0.2, 0.25) is 0 Å². The zero-order valence-electron chi connectivity index (χ0n) is 15.0. The summed E-state index contributed by atoms with van der Waals surface area (Å²) < 4.78 is 0. The van der Waals surface area contributed by atoms with Gasteiger partial charge in [0.2, 0.25) is 5.56 Å². The number of aromatic nitrogens is 1. The second-order valence-corrected chi connectivity index (χ2v) is 7.17. The van der Waals surface area contributed by atoms with Gasteiger partial charge in [-0.3, -0.25) is 9.79 Å². The summed E-state index contributed by atoms with van der Waals surface area (Å²) in [6.07, 6.45) is 7.88. The van der Waals surface area contributed by atoms with Crippen molar-refractivity contribution >= 4 is 6.21 Å². The van der Waals surface area contributed by atoms with Gasteiger partial charge in [0.25, 0.3) is 0 Å². The number of rotatable bonds is 2. The Labute approximate surface area is 152 Å². The molecule has 1 unspecified atom stereocenters. The summed E-state index contributed by atoms with van der Waals surface area (Å²) in [5, 5.41) is 9.73. The van der Waals surface area contributed by atoms with E-state index < -0.39 is 5.54 Å². The second kappa shape index (κ2) is 6.13. The Balaban J connectivity index is 1.92. The highest BCUT2D eigenvalue weighted by Crippen LogP contribution is 2.51. The molecule has 2 atom stereocenters. The SMILES string of the molecule is C/C=C1\C2C=C(C)C[C@@]1(N=Cc1cccc(O)c1)c1ccc(=O)[nH]c1C2. The van der Waals surface area contributed by atoms with Crippen molar-refractivity contribution in [2.24, 2.45) is 10.9 Å². The van der Waals surface area contributed by atoms with Crippen LogP contribution in [0.15, 0.2) is 69.5 Å². The molecule has 2 N–H and O–H groups in total. The highest BCUT2D eigenvalue weighted by atomic mass is 16.3. The van der Waals surface area contributed by atoms with Crippen LogP contribution in [0.3, 0.4) is 0 Å². The predicted octanol–water partition coefficient (Wildman–Crippen LogP) is 3.86. The third-order valence-electron chi connectivity index (χ3n) is 5.38. The normalized spacial score (nSPS) is 26.0. The maximum Gasteiger partial charge on any atom is 0.248 e. The van der Waals surface area contributed by atoms with Crippen LogP contribution in [0.5, 0.6) is 5.75 Å². The molecular formula is C22H22N2O2. The monoisotopic (exact) mass is 346 g/mol. The van der Waals surface area contributed by atoms with Crippen molar-refractivity contribution in [2.75, 3.05) is 0 Å². The second-order valence-electron chi connectivity index (χ2n) is 7.17.